The maximum absolute atomic E-state index is 10.7. The molecule has 0 aliphatic rings. The Morgan fingerprint density at radius 1 is 1.12 bits per heavy atom. The highest BCUT2D eigenvalue weighted by atomic mass is 32.1. The molecule has 2 aromatic heterocycles. The van der Waals surface area contributed by atoms with Gasteiger partial charge in [-0.15, -0.1) is 0 Å². The lowest BCUT2D eigenvalue weighted by atomic mass is 10.1. The average Bonchev–Trinajstić information content (AvgIpc) is 3.28. The standard InChI is InChI=1S/C18H12N4O3S/c23-22(24)13-7-5-12(6-8-13)16-10-9-14(25-16)11-19-21-18-20-15-3-1-2-4-17(15)26-18/h1-11H,(H,20,21)/b19-11+. The number of aromatic nitrogens is 1. The van der Waals surface area contributed by atoms with Gasteiger partial charge in [-0.2, -0.15) is 5.10 Å². The fourth-order valence-electron chi connectivity index (χ4n) is 2.40. The Labute approximate surface area is 151 Å². The third-order valence-corrected chi connectivity index (χ3v) is 4.58. The predicted molar refractivity (Wildman–Crippen MR) is 102 cm³/mol. The molecule has 2 heterocycles. The van der Waals surface area contributed by atoms with Crippen molar-refractivity contribution in [3.05, 3.63) is 76.5 Å². The summed E-state index contributed by atoms with van der Waals surface area (Å²) in [6, 6.07) is 17.6. The second kappa shape index (κ2) is 6.77. The molecule has 0 radical (unpaired) electrons. The first-order valence-electron chi connectivity index (χ1n) is 7.68. The molecule has 0 atom stereocenters. The molecule has 26 heavy (non-hydrogen) atoms. The van der Waals surface area contributed by atoms with Gasteiger partial charge in [0, 0.05) is 17.7 Å². The molecule has 0 saturated heterocycles. The minimum absolute atomic E-state index is 0.0436. The Morgan fingerprint density at radius 3 is 2.69 bits per heavy atom. The van der Waals surface area contributed by atoms with Crippen LogP contribution in [0.15, 0.2) is 70.2 Å². The van der Waals surface area contributed by atoms with Gasteiger partial charge in [0.2, 0.25) is 5.13 Å². The van der Waals surface area contributed by atoms with E-state index >= 15 is 0 Å². The summed E-state index contributed by atoms with van der Waals surface area (Å²) in [5.74, 6) is 1.17. The highest BCUT2D eigenvalue weighted by molar-refractivity contribution is 7.22. The molecule has 0 bridgehead atoms. The van der Waals surface area contributed by atoms with Crippen molar-refractivity contribution in [2.75, 3.05) is 5.43 Å². The van der Waals surface area contributed by atoms with Crippen LogP contribution in [-0.4, -0.2) is 16.1 Å². The summed E-state index contributed by atoms with van der Waals surface area (Å²) in [5.41, 5.74) is 4.62. The highest BCUT2D eigenvalue weighted by Gasteiger charge is 2.08. The van der Waals surface area contributed by atoms with Crippen molar-refractivity contribution in [1.82, 2.24) is 4.98 Å². The first-order valence-corrected chi connectivity index (χ1v) is 8.50. The Morgan fingerprint density at radius 2 is 1.92 bits per heavy atom. The zero-order valence-electron chi connectivity index (χ0n) is 13.3. The van der Waals surface area contributed by atoms with E-state index in [4.69, 9.17) is 4.42 Å². The molecular formula is C18H12N4O3S. The minimum Gasteiger partial charge on any atom is -0.455 e. The average molecular weight is 364 g/mol. The van der Waals surface area contributed by atoms with Gasteiger partial charge in [-0.25, -0.2) is 4.98 Å². The lowest BCUT2D eigenvalue weighted by Crippen LogP contribution is -1.88. The lowest BCUT2D eigenvalue weighted by Gasteiger charge is -1.96. The van der Waals surface area contributed by atoms with Gasteiger partial charge in [0.05, 0.1) is 21.4 Å². The van der Waals surface area contributed by atoms with Gasteiger partial charge >= 0.3 is 0 Å². The zero-order chi connectivity index (χ0) is 17.9. The zero-order valence-corrected chi connectivity index (χ0v) is 14.1. The number of hydrogen-bond acceptors (Lipinski definition) is 7. The number of anilines is 1. The number of thiazole rings is 1. The Kier molecular flexibility index (Phi) is 4.16. The summed E-state index contributed by atoms with van der Waals surface area (Å²) < 4.78 is 6.78. The van der Waals surface area contributed by atoms with E-state index in [1.165, 1.54) is 23.5 Å². The molecule has 128 valence electrons. The van der Waals surface area contributed by atoms with Crippen molar-refractivity contribution in [2.24, 2.45) is 5.10 Å². The molecule has 1 N–H and O–H groups in total. The fraction of sp³-hybridized carbons (Fsp3) is 0. The van der Waals surface area contributed by atoms with E-state index in [1.807, 2.05) is 24.3 Å². The molecule has 4 rings (SSSR count). The number of fused-ring (bicyclic) bond motifs is 1. The molecule has 0 unspecified atom stereocenters. The van der Waals surface area contributed by atoms with E-state index in [1.54, 1.807) is 30.5 Å². The van der Waals surface area contributed by atoms with Crippen LogP contribution in [0.2, 0.25) is 0 Å². The number of nitrogens with zero attached hydrogens (tertiary/aromatic N) is 3. The minimum atomic E-state index is -0.433. The Bertz CT molecular complexity index is 1070. The molecule has 8 heteroatoms. The quantitative estimate of drug-likeness (QED) is 0.308. The second-order valence-corrected chi connectivity index (χ2v) is 6.39. The number of nitrogens with one attached hydrogen (secondary N) is 1. The molecular weight excluding hydrogens is 352 g/mol. The molecule has 4 aromatic rings. The fourth-order valence-corrected chi connectivity index (χ4v) is 3.21. The maximum Gasteiger partial charge on any atom is 0.269 e. The number of para-hydroxylation sites is 1. The van der Waals surface area contributed by atoms with Crippen molar-refractivity contribution >= 4 is 38.6 Å². The van der Waals surface area contributed by atoms with Crippen LogP contribution in [-0.2, 0) is 0 Å². The van der Waals surface area contributed by atoms with Crippen LogP contribution in [0.25, 0.3) is 21.5 Å². The summed E-state index contributed by atoms with van der Waals surface area (Å²) in [4.78, 5) is 14.7. The molecule has 0 fully saturated rings. The smallest absolute Gasteiger partial charge is 0.269 e. The van der Waals surface area contributed by atoms with Crippen molar-refractivity contribution in [2.45, 2.75) is 0 Å². The number of benzene rings is 2. The number of non-ortho nitro benzene ring substituents is 1. The summed E-state index contributed by atoms with van der Waals surface area (Å²) in [6.45, 7) is 0. The van der Waals surface area contributed by atoms with Crippen molar-refractivity contribution in [3.8, 4) is 11.3 Å². The normalized spacial score (nSPS) is 11.2. The molecule has 0 aliphatic heterocycles. The monoisotopic (exact) mass is 364 g/mol. The summed E-state index contributed by atoms with van der Waals surface area (Å²) in [5, 5.41) is 15.5. The van der Waals surface area contributed by atoms with Crippen LogP contribution < -0.4 is 5.43 Å². The first-order chi connectivity index (χ1) is 12.7. The number of hydrazone groups is 1. The van der Waals surface area contributed by atoms with Crippen molar-refractivity contribution < 1.29 is 9.34 Å². The molecule has 0 saturated carbocycles. The summed E-state index contributed by atoms with van der Waals surface area (Å²) in [7, 11) is 0. The van der Waals surface area contributed by atoms with E-state index in [0.717, 1.165) is 15.8 Å². The maximum atomic E-state index is 10.7. The SMILES string of the molecule is O=[N+]([O-])c1ccc(-c2ccc(/C=N/Nc3nc4ccccc4s3)o2)cc1. The van der Waals surface area contributed by atoms with Crippen LogP contribution in [0.5, 0.6) is 0 Å². The largest absolute Gasteiger partial charge is 0.455 e. The van der Waals surface area contributed by atoms with Crippen LogP contribution >= 0.6 is 11.3 Å². The van der Waals surface area contributed by atoms with Crippen molar-refractivity contribution in [1.29, 1.82) is 0 Å². The van der Waals surface area contributed by atoms with Gasteiger partial charge in [-0.1, -0.05) is 23.5 Å². The predicted octanol–water partition coefficient (Wildman–Crippen LogP) is 4.91. The number of nitro groups is 1. The van der Waals surface area contributed by atoms with E-state index in [0.29, 0.717) is 16.7 Å². The molecule has 0 amide bonds. The highest BCUT2D eigenvalue weighted by Crippen LogP contribution is 2.26. The Balaban J connectivity index is 1.45. The van der Waals surface area contributed by atoms with Crippen molar-refractivity contribution in [3.63, 3.8) is 0 Å². The van der Waals surface area contributed by atoms with E-state index < -0.39 is 4.92 Å². The molecule has 0 spiro atoms. The van der Waals surface area contributed by atoms with Crippen LogP contribution in [0.1, 0.15) is 5.76 Å². The van der Waals surface area contributed by atoms with Gasteiger partial charge < -0.3 is 4.42 Å². The van der Waals surface area contributed by atoms with Gasteiger partial charge in [-0.3, -0.25) is 15.5 Å². The van der Waals surface area contributed by atoms with Gasteiger partial charge in [0.1, 0.15) is 11.5 Å². The lowest BCUT2D eigenvalue weighted by molar-refractivity contribution is -0.384. The number of furan rings is 1. The number of rotatable bonds is 5. The van der Waals surface area contributed by atoms with E-state index in [2.05, 4.69) is 15.5 Å². The third-order valence-electron chi connectivity index (χ3n) is 3.64. The second-order valence-electron chi connectivity index (χ2n) is 5.36. The third kappa shape index (κ3) is 3.31. The van der Waals surface area contributed by atoms with Gasteiger partial charge in [-0.05, 0) is 36.4 Å². The Hall–Kier alpha value is -3.52. The van der Waals surface area contributed by atoms with Crippen LogP contribution in [0.4, 0.5) is 10.8 Å². The van der Waals surface area contributed by atoms with E-state index in [9.17, 15) is 10.1 Å². The summed E-state index contributed by atoms with van der Waals surface area (Å²) >= 11 is 1.52. The van der Waals surface area contributed by atoms with Gasteiger partial charge in [0.15, 0.2) is 0 Å². The molecule has 0 aliphatic carbocycles. The number of hydrogen-bond donors (Lipinski definition) is 1. The topological polar surface area (TPSA) is 93.6 Å². The number of nitro benzene ring substituents is 1. The van der Waals surface area contributed by atoms with E-state index in [-0.39, 0.29) is 5.69 Å². The van der Waals surface area contributed by atoms with Gasteiger partial charge in [0.25, 0.3) is 5.69 Å². The molecule has 7 nitrogen and oxygen atoms in total. The first kappa shape index (κ1) is 16.0. The summed E-state index contributed by atoms with van der Waals surface area (Å²) in [6.07, 6.45) is 1.56. The van der Waals surface area contributed by atoms with Crippen LogP contribution in [0.3, 0.4) is 0 Å². The van der Waals surface area contributed by atoms with Crippen LogP contribution in [0, 0.1) is 10.1 Å². The molecule has 2 aromatic carbocycles.